The van der Waals surface area contributed by atoms with Crippen LogP contribution in [0.1, 0.15) is 36.0 Å². The van der Waals surface area contributed by atoms with Gasteiger partial charge in [0.1, 0.15) is 5.82 Å². The second-order valence-corrected chi connectivity index (χ2v) is 8.55. The Morgan fingerprint density at radius 3 is 2.62 bits per heavy atom. The number of carbonyl (C=O) groups is 2. The van der Waals surface area contributed by atoms with E-state index in [4.69, 9.17) is 4.74 Å². The number of ether oxygens (including phenoxy) is 1. The number of rotatable bonds is 7. The van der Waals surface area contributed by atoms with E-state index in [1.165, 1.54) is 24.6 Å². The van der Waals surface area contributed by atoms with Crippen molar-refractivity contribution in [1.29, 1.82) is 0 Å². The van der Waals surface area contributed by atoms with Gasteiger partial charge in [-0.05, 0) is 65.9 Å². The number of nitrogens with zero attached hydrogens (tertiary/aromatic N) is 2. The monoisotopic (exact) mass is 469 g/mol. The van der Waals surface area contributed by atoms with E-state index in [0.717, 1.165) is 58.8 Å². The molecule has 2 saturated heterocycles. The topological polar surface area (TPSA) is 61.9 Å². The SMILES string of the molecule is O=C(NCCC(=O)N1CCC(CCN2CCOCC2)CC1)c1cc(F)ccc1Br. The van der Waals surface area contributed by atoms with E-state index in [2.05, 4.69) is 26.1 Å². The molecule has 6 nitrogen and oxygen atoms in total. The molecule has 0 unspecified atom stereocenters. The number of likely N-dealkylation sites (tertiary alicyclic amines) is 1. The average molecular weight is 470 g/mol. The molecule has 1 aromatic carbocycles. The van der Waals surface area contributed by atoms with E-state index >= 15 is 0 Å². The van der Waals surface area contributed by atoms with Gasteiger partial charge in [0.2, 0.25) is 5.91 Å². The predicted octanol–water partition coefficient (Wildman–Crippen LogP) is 2.67. The largest absolute Gasteiger partial charge is 0.379 e. The lowest BCUT2D eigenvalue weighted by atomic mass is 9.93. The number of benzene rings is 1. The highest BCUT2D eigenvalue weighted by Crippen LogP contribution is 2.22. The van der Waals surface area contributed by atoms with Gasteiger partial charge in [0, 0.05) is 43.6 Å². The summed E-state index contributed by atoms with van der Waals surface area (Å²) in [6.45, 7) is 6.65. The molecule has 0 atom stereocenters. The fraction of sp³-hybridized carbons (Fsp3) is 0.619. The van der Waals surface area contributed by atoms with Gasteiger partial charge in [-0.25, -0.2) is 4.39 Å². The quantitative estimate of drug-likeness (QED) is 0.666. The number of amides is 2. The molecule has 1 aromatic rings. The van der Waals surface area contributed by atoms with Crippen LogP contribution < -0.4 is 5.32 Å². The minimum atomic E-state index is -0.467. The number of nitrogens with one attached hydrogen (secondary N) is 1. The van der Waals surface area contributed by atoms with Gasteiger partial charge < -0.3 is 15.0 Å². The first-order valence-electron chi connectivity index (χ1n) is 10.3. The highest BCUT2D eigenvalue weighted by molar-refractivity contribution is 9.10. The maximum Gasteiger partial charge on any atom is 0.252 e. The smallest absolute Gasteiger partial charge is 0.252 e. The summed E-state index contributed by atoms with van der Waals surface area (Å²) in [6, 6.07) is 3.97. The Morgan fingerprint density at radius 1 is 1.17 bits per heavy atom. The minimum Gasteiger partial charge on any atom is -0.379 e. The molecule has 0 aromatic heterocycles. The fourth-order valence-electron chi connectivity index (χ4n) is 3.87. The molecule has 2 fully saturated rings. The van der Waals surface area contributed by atoms with Crippen LogP contribution in [0.2, 0.25) is 0 Å². The molecule has 160 valence electrons. The maximum atomic E-state index is 13.3. The Balaban J connectivity index is 1.33. The van der Waals surface area contributed by atoms with Crippen LogP contribution in [0.25, 0.3) is 0 Å². The van der Waals surface area contributed by atoms with Crippen LogP contribution in [0.4, 0.5) is 4.39 Å². The minimum absolute atomic E-state index is 0.0650. The highest BCUT2D eigenvalue weighted by Gasteiger charge is 2.23. The Bertz CT molecular complexity index is 704. The third kappa shape index (κ3) is 6.76. The van der Waals surface area contributed by atoms with Gasteiger partial charge in [-0.1, -0.05) is 0 Å². The molecule has 2 aliphatic rings. The van der Waals surface area contributed by atoms with Gasteiger partial charge in [0.05, 0.1) is 18.8 Å². The number of morpholine rings is 1. The lowest BCUT2D eigenvalue weighted by Crippen LogP contribution is -2.41. The van der Waals surface area contributed by atoms with Crippen molar-refractivity contribution in [3.8, 4) is 0 Å². The summed E-state index contributed by atoms with van der Waals surface area (Å²) in [5.74, 6) is -0.112. The molecular formula is C21H29BrFN3O3. The van der Waals surface area contributed by atoms with Gasteiger partial charge in [0.15, 0.2) is 0 Å². The summed E-state index contributed by atoms with van der Waals surface area (Å²) < 4.78 is 19.2. The second kappa shape index (κ2) is 11.0. The van der Waals surface area contributed by atoms with Crippen LogP contribution in [-0.2, 0) is 9.53 Å². The first-order chi connectivity index (χ1) is 14.0. The van der Waals surface area contributed by atoms with E-state index < -0.39 is 5.82 Å². The van der Waals surface area contributed by atoms with Crippen LogP contribution in [-0.4, -0.2) is 74.1 Å². The van der Waals surface area contributed by atoms with Crippen molar-refractivity contribution in [2.45, 2.75) is 25.7 Å². The molecule has 2 aliphatic heterocycles. The van der Waals surface area contributed by atoms with E-state index in [9.17, 15) is 14.0 Å². The summed E-state index contributed by atoms with van der Waals surface area (Å²) >= 11 is 3.25. The van der Waals surface area contributed by atoms with Crippen molar-refractivity contribution in [2.75, 3.05) is 52.5 Å². The van der Waals surface area contributed by atoms with Crippen LogP contribution >= 0.6 is 15.9 Å². The Labute approximate surface area is 179 Å². The number of hydrogen-bond acceptors (Lipinski definition) is 4. The number of hydrogen-bond donors (Lipinski definition) is 1. The molecule has 1 N–H and O–H groups in total. The molecule has 0 spiro atoms. The van der Waals surface area contributed by atoms with Crippen molar-refractivity contribution in [3.05, 3.63) is 34.1 Å². The zero-order valence-electron chi connectivity index (χ0n) is 16.7. The zero-order valence-corrected chi connectivity index (χ0v) is 18.3. The Kier molecular flexibility index (Phi) is 8.44. The zero-order chi connectivity index (χ0) is 20.6. The maximum absolute atomic E-state index is 13.3. The van der Waals surface area contributed by atoms with Crippen LogP contribution in [0, 0.1) is 11.7 Å². The summed E-state index contributed by atoms with van der Waals surface area (Å²) in [5.41, 5.74) is 0.235. The molecule has 0 bridgehead atoms. The van der Waals surface area contributed by atoms with Crippen molar-refractivity contribution in [1.82, 2.24) is 15.1 Å². The first-order valence-corrected chi connectivity index (χ1v) is 11.1. The van der Waals surface area contributed by atoms with Crippen molar-refractivity contribution in [3.63, 3.8) is 0 Å². The number of piperidine rings is 1. The van der Waals surface area contributed by atoms with Crippen molar-refractivity contribution < 1.29 is 18.7 Å². The molecule has 0 radical (unpaired) electrons. The molecule has 3 rings (SSSR count). The third-order valence-electron chi connectivity index (χ3n) is 5.72. The van der Waals surface area contributed by atoms with Crippen molar-refractivity contribution in [2.24, 2.45) is 5.92 Å². The van der Waals surface area contributed by atoms with Gasteiger partial charge >= 0.3 is 0 Å². The third-order valence-corrected chi connectivity index (χ3v) is 6.41. The number of carbonyl (C=O) groups excluding carboxylic acids is 2. The molecule has 2 amide bonds. The van der Waals surface area contributed by atoms with Crippen LogP contribution in [0.5, 0.6) is 0 Å². The number of halogens is 2. The lowest BCUT2D eigenvalue weighted by molar-refractivity contribution is -0.132. The normalized spacial score (nSPS) is 18.6. The summed E-state index contributed by atoms with van der Waals surface area (Å²) in [7, 11) is 0. The van der Waals surface area contributed by atoms with Gasteiger partial charge in [0.25, 0.3) is 5.91 Å². The van der Waals surface area contributed by atoms with Gasteiger partial charge in [-0.15, -0.1) is 0 Å². The van der Waals surface area contributed by atoms with E-state index in [1.54, 1.807) is 0 Å². The molecular weight excluding hydrogens is 441 g/mol. The molecule has 0 aliphatic carbocycles. The Morgan fingerprint density at radius 2 is 1.90 bits per heavy atom. The van der Waals surface area contributed by atoms with Crippen LogP contribution in [0.15, 0.2) is 22.7 Å². The lowest BCUT2D eigenvalue weighted by Gasteiger charge is -2.34. The molecule has 2 heterocycles. The van der Waals surface area contributed by atoms with Crippen LogP contribution in [0.3, 0.4) is 0 Å². The van der Waals surface area contributed by atoms with E-state index in [0.29, 0.717) is 10.4 Å². The predicted molar refractivity (Wildman–Crippen MR) is 112 cm³/mol. The Hall–Kier alpha value is -1.51. The first kappa shape index (κ1) is 22.2. The van der Waals surface area contributed by atoms with Gasteiger partial charge in [-0.3, -0.25) is 14.5 Å². The summed E-state index contributed by atoms with van der Waals surface area (Å²) in [6.07, 6.45) is 3.52. The highest BCUT2D eigenvalue weighted by atomic mass is 79.9. The summed E-state index contributed by atoms with van der Waals surface area (Å²) in [5, 5.41) is 2.70. The summed E-state index contributed by atoms with van der Waals surface area (Å²) in [4.78, 5) is 29.0. The fourth-order valence-corrected chi connectivity index (χ4v) is 4.30. The molecule has 0 saturated carbocycles. The second-order valence-electron chi connectivity index (χ2n) is 7.70. The molecule has 29 heavy (non-hydrogen) atoms. The van der Waals surface area contributed by atoms with Gasteiger partial charge in [-0.2, -0.15) is 0 Å². The molecule has 8 heteroatoms. The standard InChI is InChI=1S/C21H29BrFN3O3/c22-19-2-1-17(23)15-18(19)21(28)24-7-3-20(27)26-9-5-16(6-10-26)4-8-25-11-13-29-14-12-25/h1-2,15-16H,3-14H2,(H,24,28). The average Bonchev–Trinajstić information content (AvgIpc) is 2.75. The van der Waals surface area contributed by atoms with E-state index in [1.807, 2.05) is 4.90 Å². The van der Waals surface area contributed by atoms with Crippen molar-refractivity contribution >= 4 is 27.7 Å². The van der Waals surface area contributed by atoms with E-state index in [-0.39, 0.29) is 30.3 Å².